The number of anilines is 2. The van der Waals surface area contributed by atoms with Crippen molar-refractivity contribution in [3.8, 4) is 5.75 Å². The lowest BCUT2D eigenvalue weighted by Crippen LogP contribution is -2.35. The van der Waals surface area contributed by atoms with Gasteiger partial charge in [-0.15, -0.1) is 0 Å². The van der Waals surface area contributed by atoms with Crippen LogP contribution in [0, 0.1) is 6.92 Å². The molecule has 3 heteroatoms. The highest BCUT2D eigenvalue weighted by Crippen LogP contribution is 2.38. The van der Waals surface area contributed by atoms with Crippen molar-refractivity contribution in [2.75, 3.05) is 11.4 Å². The van der Waals surface area contributed by atoms with Crippen LogP contribution < -0.4 is 9.64 Å². The molecule has 1 aliphatic heterocycles. The van der Waals surface area contributed by atoms with E-state index in [1.54, 1.807) is 0 Å². The molecule has 1 atom stereocenters. The first-order valence-electron chi connectivity index (χ1n) is 6.44. The van der Waals surface area contributed by atoms with E-state index >= 15 is 0 Å². The molecule has 2 nitrogen and oxygen atoms in total. The summed E-state index contributed by atoms with van der Waals surface area (Å²) in [6.45, 7) is 5.09. The summed E-state index contributed by atoms with van der Waals surface area (Å²) < 4.78 is 7.03. The quantitative estimate of drug-likeness (QED) is 0.757. The molecular formula is C16H16BrNO. The van der Waals surface area contributed by atoms with Gasteiger partial charge < -0.3 is 9.64 Å². The van der Waals surface area contributed by atoms with E-state index in [0.29, 0.717) is 0 Å². The zero-order chi connectivity index (χ0) is 13.4. The van der Waals surface area contributed by atoms with Gasteiger partial charge in [-0.2, -0.15) is 0 Å². The van der Waals surface area contributed by atoms with Gasteiger partial charge in [0.1, 0.15) is 11.9 Å². The number of hydrogen-bond acceptors (Lipinski definition) is 2. The zero-order valence-electron chi connectivity index (χ0n) is 11.1. The second-order valence-electron chi connectivity index (χ2n) is 4.94. The smallest absolute Gasteiger partial charge is 0.143 e. The first-order chi connectivity index (χ1) is 9.15. The fourth-order valence-corrected chi connectivity index (χ4v) is 2.68. The van der Waals surface area contributed by atoms with E-state index in [1.165, 1.54) is 11.3 Å². The van der Waals surface area contributed by atoms with Crippen molar-refractivity contribution in [2.24, 2.45) is 0 Å². The van der Waals surface area contributed by atoms with E-state index in [0.717, 1.165) is 22.5 Å². The van der Waals surface area contributed by atoms with Crippen molar-refractivity contribution >= 4 is 27.3 Å². The van der Waals surface area contributed by atoms with Crippen molar-refractivity contribution in [2.45, 2.75) is 20.0 Å². The number of benzene rings is 2. The Morgan fingerprint density at radius 1 is 1.21 bits per heavy atom. The average Bonchev–Trinajstić information content (AvgIpc) is 2.41. The lowest BCUT2D eigenvalue weighted by molar-refractivity contribution is 0.218. The van der Waals surface area contributed by atoms with E-state index in [1.807, 2.05) is 12.1 Å². The van der Waals surface area contributed by atoms with Gasteiger partial charge in [0.05, 0.1) is 12.2 Å². The number of aryl methyl sites for hydroxylation is 1. The minimum Gasteiger partial charge on any atom is -0.487 e. The third-order valence-electron chi connectivity index (χ3n) is 3.38. The summed E-state index contributed by atoms with van der Waals surface area (Å²) in [5.41, 5.74) is 3.60. The molecule has 3 rings (SSSR count). The first kappa shape index (κ1) is 12.5. The van der Waals surface area contributed by atoms with Gasteiger partial charge in [0.15, 0.2) is 0 Å². The van der Waals surface area contributed by atoms with Crippen LogP contribution in [0.3, 0.4) is 0 Å². The fraction of sp³-hybridized carbons (Fsp3) is 0.250. The maximum atomic E-state index is 5.89. The van der Waals surface area contributed by atoms with E-state index in [-0.39, 0.29) is 6.10 Å². The molecule has 0 amide bonds. The molecule has 2 aromatic carbocycles. The summed E-state index contributed by atoms with van der Waals surface area (Å²) in [6, 6.07) is 14.7. The van der Waals surface area contributed by atoms with Crippen LogP contribution >= 0.6 is 15.9 Å². The van der Waals surface area contributed by atoms with Gasteiger partial charge in [0, 0.05) is 10.2 Å². The predicted octanol–water partition coefficient (Wildman–Crippen LogP) is 4.68. The van der Waals surface area contributed by atoms with Crippen LogP contribution in [0.4, 0.5) is 11.4 Å². The lowest BCUT2D eigenvalue weighted by Gasteiger charge is -2.35. The van der Waals surface area contributed by atoms with Gasteiger partial charge in [0.2, 0.25) is 0 Å². The first-order valence-corrected chi connectivity index (χ1v) is 7.24. The monoisotopic (exact) mass is 317 g/mol. The zero-order valence-corrected chi connectivity index (χ0v) is 12.6. The van der Waals surface area contributed by atoms with Crippen molar-refractivity contribution in [3.05, 3.63) is 52.5 Å². The standard InChI is InChI=1S/C16H16BrNO/c1-11-9-13(7-8-14(11)17)18-10-12(2)19-16-6-4-3-5-15(16)18/h3-9,12H,10H2,1-2H3. The minimum atomic E-state index is 0.193. The summed E-state index contributed by atoms with van der Waals surface area (Å²) >= 11 is 3.55. The fourth-order valence-electron chi connectivity index (χ4n) is 2.43. The van der Waals surface area contributed by atoms with E-state index in [9.17, 15) is 0 Å². The summed E-state index contributed by atoms with van der Waals surface area (Å²) in [4.78, 5) is 2.32. The maximum Gasteiger partial charge on any atom is 0.143 e. The number of para-hydroxylation sites is 2. The molecule has 1 heterocycles. The Kier molecular flexibility index (Phi) is 3.23. The number of nitrogens with zero attached hydrogens (tertiary/aromatic N) is 1. The highest BCUT2D eigenvalue weighted by atomic mass is 79.9. The molecule has 0 radical (unpaired) electrons. The maximum absolute atomic E-state index is 5.89. The third kappa shape index (κ3) is 2.35. The summed E-state index contributed by atoms with van der Waals surface area (Å²) in [7, 11) is 0. The van der Waals surface area contributed by atoms with Crippen molar-refractivity contribution in [3.63, 3.8) is 0 Å². The molecule has 2 aromatic rings. The SMILES string of the molecule is Cc1cc(N2CC(C)Oc3ccccc32)ccc1Br. The Bertz CT molecular complexity index is 611. The van der Waals surface area contributed by atoms with Crippen LogP contribution in [0.15, 0.2) is 46.9 Å². The highest BCUT2D eigenvalue weighted by Gasteiger charge is 2.23. The van der Waals surface area contributed by atoms with Crippen LogP contribution in [-0.2, 0) is 0 Å². The normalized spacial score (nSPS) is 17.8. The molecule has 0 fully saturated rings. The second kappa shape index (κ2) is 4.89. The van der Waals surface area contributed by atoms with Gasteiger partial charge in [-0.3, -0.25) is 0 Å². The molecule has 0 saturated heterocycles. The van der Waals surface area contributed by atoms with Gasteiger partial charge in [-0.05, 0) is 49.7 Å². The number of fused-ring (bicyclic) bond motifs is 1. The Labute approximate surface area is 122 Å². The molecule has 0 bridgehead atoms. The Morgan fingerprint density at radius 2 is 2.00 bits per heavy atom. The lowest BCUT2D eigenvalue weighted by atomic mass is 10.1. The average molecular weight is 318 g/mol. The van der Waals surface area contributed by atoms with Crippen molar-refractivity contribution in [1.29, 1.82) is 0 Å². The topological polar surface area (TPSA) is 12.5 Å². The van der Waals surface area contributed by atoms with Crippen LogP contribution in [0.1, 0.15) is 12.5 Å². The summed E-state index contributed by atoms with van der Waals surface area (Å²) in [5, 5.41) is 0. The number of hydrogen-bond donors (Lipinski definition) is 0. The van der Waals surface area contributed by atoms with Gasteiger partial charge in [-0.1, -0.05) is 28.1 Å². The largest absolute Gasteiger partial charge is 0.487 e. The van der Waals surface area contributed by atoms with Crippen molar-refractivity contribution in [1.82, 2.24) is 0 Å². The van der Waals surface area contributed by atoms with Crippen LogP contribution in [0.2, 0.25) is 0 Å². The van der Waals surface area contributed by atoms with Gasteiger partial charge in [-0.25, -0.2) is 0 Å². The Balaban J connectivity index is 2.07. The molecule has 19 heavy (non-hydrogen) atoms. The Morgan fingerprint density at radius 3 is 2.79 bits per heavy atom. The number of rotatable bonds is 1. The highest BCUT2D eigenvalue weighted by molar-refractivity contribution is 9.10. The van der Waals surface area contributed by atoms with Crippen LogP contribution in [0.5, 0.6) is 5.75 Å². The molecule has 98 valence electrons. The second-order valence-corrected chi connectivity index (χ2v) is 5.79. The molecular weight excluding hydrogens is 302 g/mol. The van der Waals surface area contributed by atoms with Crippen molar-refractivity contribution < 1.29 is 4.74 Å². The van der Waals surface area contributed by atoms with E-state index in [2.05, 4.69) is 65.0 Å². The molecule has 0 spiro atoms. The van der Waals surface area contributed by atoms with E-state index in [4.69, 9.17) is 4.74 Å². The molecule has 0 saturated carbocycles. The predicted molar refractivity (Wildman–Crippen MR) is 82.4 cm³/mol. The third-order valence-corrected chi connectivity index (χ3v) is 4.27. The van der Waals surface area contributed by atoms with E-state index < -0.39 is 0 Å². The van der Waals surface area contributed by atoms with Crippen LogP contribution in [0.25, 0.3) is 0 Å². The van der Waals surface area contributed by atoms with Gasteiger partial charge in [0.25, 0.3) is 0 Å². The minimum absolute atomic E-state index is 0.193. The molecule has 1 aliphatic rings. The molecule has 0 aromatic heterocycles. The molecule has 1 unspecified atom stereocenters. The Hall–Kier alpha value is -1.48. The number of halogens is 1. The summed E-state index contributed by atoms with van der Waals surface area (Å²) in [5.74, 6) is 0.960. The molecule has 0 N–H and O–H groups in total. The van der Waals surface area contributed by atoms with Crippen LogP contribution in [-0.4, -0.2) is 12.6 Å². The number of ether oxygens (including phenoxy) is 1. The molecule has 0 aliphatic carbocycles. The van der Waals surface area contributed by atoms with Gasteiger partial charge >= 0.3 is 0 Å². The summed E-state index contributed by atoms with van der Waals surface area (Å²) in [6.07, 6.45) is 0.193.